The largest absolute Gasteiger partial charge is 0.451 e. The number of hydrogen-bond acceptors (Lipinski definition) is 5. The van der Waals surface area contributed by atoms with Crippen molar-refractivity contribution in [2.24, 2.45) is 0 Å². The van der Waals surface area contributed by atoms with Crippen LogP contribution in [-0.4, -0.2) is 36.2 Å². The minimum Gasteiger partial charge on any atom is -0.451 e. The number of anilines is 2. The van der Waals surface area contributed by atoms with Crippen molar-refractivity contribution < 1.29 is 23.9 Å². The summed E-state index contributed by atoms with van der Waals surface area (Å²) in [5.74, 6) is -2.71. The molecule has 0 saturated carbocycles. The molecule has 2 amide bonds. The summed E-state index contributed by atoms with van der Waals surface area (Å²) in [7, 11) is 0. The fourth-order valence-electron chi connectivity index (χ4n) is 3.01. The van der Waals surface area contributed by atoms with Crippen LogP contribution in [0.25, 0.3) is 0 Å². The maximum Gasteiger partial charge on any atom is 0.326 e. The minimum atomic E-state index is -1.06. The highest BCUT2D eigenvalue weighted by Gasteiger charge is 2.37. The van der Waals surface area contributed by atoms with Crippen molar-refractivity contribution in [1.82, 2.24) is 0 Å². The van der Waals surface area contributed by atoms with Gasteiger partial charge < -0.3 is 10.1 Å². The molecule has 0 spiro atoms. The van der Waals surface area contributed by atoms with Crippen molar-refractivity contribution in [2.45, 2.75) is 26.9 Å². The smallest absolute Gasteiger partial charge is 0.326 e. The first-order valence-electron chi connectivity index (χ1n) is 8.80. The van der Waals surface area contributed by atoms with Crippen LogP contribution in [0, 0.1) is 13.8 Å². The number of amides is 2. The van der Waals surface area contributed by atoms with Crippen molar-refractivity contribution in [3.8, 4) is 0 Å². The number of Topliss-reactive ketones (excluding diaryl/α,β-unsaturated/α-hetero) is 1. The highest BCUT2D eigenvalue weighted by atomic mass is 16.5. The Morgan fingerprint density at radius 2 is 1.82 bits per heavy atom. The molecule has 0 unspecified atom stereocenters. The molecule has 2 aromatic carbocycles. The van der Waals surface area contributed by atoms with Gasteiger partial charge in [0.05, 0.1) is 11.3 Å². The Hall–Kier alpha value is -3.48. The molecule has 0 radical (unpaired) electrons. The average molecular weight is 380 g/mol. The van der Waals surface area contributed by atoms with Gasteiger partial charge in [0.1, 0.15) is 6.54 Å². The Morgan fingerprint density at radius 3 is 2.54 bits per heavy atom. The fourth-order valence-corrected chi connectivity index (χ4v) is 3.01. The van der Waals surface area contributed by atoms with Crippen LogP contribution in [0.4, 0.5) is 11.4 Å². The third-order valence-electron chi connectivity index (χ3n) is 4.48. The molecule has 0 fully saturated rings. The van der Waals surface area contributed by atoms with Gasteiger partial charge >= 0.3 is 5.97 Å². The third-order valence-corrected chi connectivity index (χ3v) is 4.48. The number of nitrogens with one attached hydrogen (secondary N) is 1. The van der Waals surface area contributed by atoms with Crippen molar-refractivity contribution in [2.75, 3.05) is 16.8 Å². The SMILES string of the molecule is Cc1ccc(NC(=O)[C@H](C)OC(=O)CN2C(=O)C(=O)c3ccccc32)c(C)c1. The van der Waals surface area contributed by atoms with Gasteiger partial charge in [0.25, 0.3) is 17.6 Å². The molecule has 0 aromatic heterocycles. The second-order valence-electron chi connectivity index (χ2n) is 6.68. The zero-order valence-corrected chi connectivity index (χ0v) is 15.8. The van der Waals surface area contributed by atoms with Crippen LogP contribution in [0.5, 0.6) is 0 Å². The Balaban J connectivity index is 1.62. The third kappa shape index (κ3) is 3.78. The predicted octanol–water partition coefficient (Wildman–Crippen LogP) is 2.40. The van der Waals surface area contributed by atoms with E-state index in [-0.39, 0.29) is 5.56 Å². The number of rotatable bonds is 5. The van der Waals surface area contributed by atoms with E-state index in [1.54, 1.807) is 24.3 Å². The van der Waals surface area contributed by atoms with Gasteiger partial charge in [-0.05, 0) is 44.5 Å². The Bertz CT molecular complexity index is 983. The van der Waals surface area contributed by atoms with Gasteiger partial charge in [0.2, 0.25) is 0 Å². The van der Waals surface area contributed by atoms with Crippen molar-refractivity contribution >= 4 is 34.9 Å². The normalized spacial score (nSPS) is 13.9. The van der Waals surface area contributed by atoms with Gasteiger partial charge in [-0.25, -0.2) is 0 Å². The van der Waals surface area contributed by atoms with Crippen LogP contribution < -0.4 is 10.2 Å². The lowest BCUT2D eigenvalue weighted by Crippen LogP contribution is -2.38. The van der Waals surface area contributed by atoms with E-state index in [1.807, 2.05) is 26.0 Å². The monoisotopic (exact) mass is 380 g/mol. The Labute approximate surface area is 162 Å². The lowest BCUT2D eigenvalue weighted by molar-refractivity contribution is -0.152. The Kier molecular flexibility index (Phi) is 5.26. The molecule has 1 heterocycles. The van der Waals surface area contributed by atoms with E-state index in [0.717, 1.165) is 16.0 Å². The van der Waals surface area contributed by atoms with E-state index in [1.165, 1.54) is 13.0 Å². The van der Waals surface area contributed by atoms with Gasteiger partial charge in [0, 0.05) is 5.69 Å². The fraction of sp³-hybridized carbons (Fsp3) is 0.238. The number of benzene rings is 2. The molecule has 0 bridgehead atoms. The molecule has 28 heavy (non-hydrogen) atoms. The van der Waals surface area contributed by atoms with E-state index < -0.39 is 36.2 Å². The molecule has 7 heteroatoms. The van der Waals surface area contributed by atoms with Crippen molar-refractivity contribution in [3.05, 3.63) is 59.2 Å². The molecular formula is C21H20N2O5. The number of carbonyl (C=O) groups excluding carboxylic acids is 4. The van der Waals surface area contributed by atoms with Crippen LogP contribution in [0.15, 0.2) is 42.5 Å². The molecular weight excluding hydrogens is 360 g/mol. The molecule has 0 aliphatic carbocycles. The molecule has 144 valence electrons. The summed E-state index contributed by atoms with van der Waals surface area (Å²) in [5, 5.41) is 2.72. The first-order valence-corrected chi connectivity index (χ1v) is 8.80. The quantitative estimate of drug-likeness (QED) is 0.635. The van der Waals surface area contributed by atoms with Gasteiger partial charge in [-0.1, -0.05) is 29.8 Å². The van der Waals surface area contributed by atoms with Crippen molar-refractivity contribution in [1.29, 1.82) is 0 Å². The topological polar surface area (TPSA) is 92.8 Å². The predicted molar refractivity (Wildman–Crippen MR) is 103 cm³/mol. The first kappa shape index (κ1) is 19.3. The van der Waals surface area contributed by atoms with Crippen LogP contribution >= 0.6 is 0 Å². The summed E-state index contributed by atoms with van der Waals surface area (Å²) in [6.07, 6.45) is -1.06. The average Bonchev–Trinajstić information content (AvgIpc) is 2.89. The number of aryl methyl sites for hydroxylation is 2. The summed E-state index contributed by atoms with van der Waals surface area (Å²) < 4.78 is 5.15. The second kappa shape index (κ2) is 7.64. The van der Waals surface area contributed by atoms with E-state index in [9.17, 15) is 19.2 Å². The number of carbonyl (C=O) groups is 4. The molecule has 1 atom stereocenters. The standard InChI is InChI=1S/C21H20N2O5/c1-12-8-9-16(13(2)10-12)22-20(26)14(3)28-18(24)11-23-17-7-5-4-6-15(17)19(25)21(23)27/h4-10,14H,11H2,1-3H3,(H,22,26)/t14-/m0/s1. The summed E-state index contributed by atoms with van der Waals surface area (Å²) in [4.78, 5) is 49.7. The number of fused-ring (bicyclic) bond motifs is 1. The number of esters is 1. The second-order valence-corrected chi connectivity index (χ2v) is 6.68. The lowest BCUT2D eigenvalue weighted by atomic mass is 10.1. The number of hydrogen-bond donors (Lipinski definition) is 1. The van der Waals surface area contributed by atoms with Crippen molar-refractivity contribution in [3.63, 3.8) is 0 Å². The highest BCUT2D eigenvalue weighted by molar-refractivity contribution is 6.52. The molecule has 2 aromatic rings. The number of ether oxygens (including phenoxy) is 1. The zero-order chi connectivity index (χ0) is 20.4. The minimum absolute atomic E-state index is 0.251. The Morgan fingerprint density at radius 1 is 1.11 bits per heavy atom. The van der Waals surface area contributed by atoms with E-state index >= 15 is 0 Å². The maximum absolute atomic E-state index is 12.3. The number of ketones is 1. The van der Waals surface area contributed by atoms with Gasteiger partial charge in [-0.3, -0.25) is 24.1 Å². The zero-order valence-electron chi connectivity index (χ0n) is 15.8. The number of nitrogens with zero attached hydrogens (tertiary/aromatic N) is 1. The molecule has 3 rings (SSSR count). The molecule has 1 aliphatic heterocycles. The molecule has 1 aliphatic rings. The molecule has 0 saturated heterocycles. The van der Waals surface area contributed by atoms with E-state index in [4.69, 9.17) is 4.74 Å². The lowest BCUT2D eigenvalue weighted by Gasteiger charge is -2.18. The number of para-hydroxylation sites is 1. The van der Waals surface area contributed by atoms with E-state index in [0.29, 0.717) is 11.4 Å². The molecule has 7 nitrogen and oxygen atoms in total. The highest BCUT2D eigenvalue weighted by Crippen LogP contribution is 2.28. The van der Waals surface area contributed by atoms with Gasteiger partial charge in [-0.2, -0.15) is 0 Å². The maximum atomic E-state index is 12.3. The summed E-state index contributed by atoms with van der Waals surface area (Å²) >= 11 is 0. The molecule has 1 N–H and O–H groups in total. The van der Waals surface area contributed by atoms with Crippen LogP contribution in [-0.2, 0) is 19.1 Å². The van der Waals surface area contributed by atoms with E-state index in [2.05, 4.69) is 5.32 Å². The van der Waals surface area contributed by atoms with Crippen LogP contribution in [0.3, 0.4) is 0 Å². The summed E-state index contributed by atoms with van der Waals surface area (Å²) in [5.41, 5.74) is 3.21. The van der Waals surface area contributed by atoms with Gasteiger partial charge in [-0.15, -0.1) is 0 Å². The summed E-state index contributed by atoms with van der Waals surface area (Å²) in [6.45, 7) is 4.82. The summed E-state index contributed by atoms with van der Waals surface area (Å²) in [6, 6.07) is 12.0. The first-order chi connectivity index (χ1) is 13.3. The van der Waals surface area contributed by atoms with Crippen LogP contribution in [0.1, 0.15) is 28.4 Å². The van der Waals surface area contributed by atoms with Gasteiger partial charge in [0.15, 0.2) is 6.10 Å². The van der Waals surface area contributed by atoms with Crippen LogP contribution in [0.2, 0.25) is 0 Å².